The molecule has 4 heteroatoms. The topological polar surface area (TPSA) is 30.9 Å². The second-order valence-corrected chi connectivity index (χ2v) is 3.97. The summed E-state index contributed by atoms with van der Waals surface area (Å²) in [5.74, 6) is 0. The second kappa shape index (κ2) is 3.20. The largest absolute Gasteiger partial charge is 0.375 e. The molecule has 74 valence electrons. The third-order valence-electron chi connectivity index (χ3n) is 3.09. The van der Waals surface area contributed by atoms with Gasteiger partial charge >= 0.3 is 0 Å². The molecule has 3 rings (SSSR count). The van der Waals surface area contributed by atoms with E-state index in [0.29, 0.717) is 12.1 Å². The van der Waals surface area contributed by atoms with Gasteiger partial charge < -0.3 is 14.2 Å². The number of hydrogen-bond acceptors (Lipinski definition) is 4. The van der Waals surface area contributed by atoms with Gasteiger partial charge in [-0.15, -0.1) is 0 Å². The molecule has 0 aromatic rings. The van der Waals surface area contributed by atoms with Crippen molar-refractivity contribution in [3.63, 3.8) is 0 Å². The first-order valence-corrected chi connectivity index (χ1v) is 5.01. The van der Waals surface area contributed by atoms with Crippen molar-refractivity contribution in [3.8, 4) is 0 Å². The zero-order valence-corrected chi connectivity index (χ0v) is 7.65. The van der Waals surface area contributed by atoms with E-state index < -0.39 is 0 Å². The molecule has 3 fully saturated rings. The predicted octanol–water partition coefficient (Wildman–Crippen LogP) is -0.168. The molecule has 4 nitrogen and oxygen atoms in total. The van der Waals surface area contributed by atoms with Gasteiger partial charge in [0.15, 0.2) is 6.29 Å². The van der Waals surface area contributed by atoms with E-state index in [-0.39, 0.29) is 6.29 Å². The highest BCUT2D eigenvalue weighted by atomic mass is 16.7. The van der Waals surface area contributed by atoms with Crippen molar-refractivity contribution in [2.45, 2.75) is 24.9 Å². The summed E-state index contributed by atoms with van der Waals surface area (Å²) in [4.78, 5) is 2.43. The Labute approximate surface area is 77.7 Å². The van der Waals surface area contributed by atoms with E-state index in [2.05, 4.69) is 4.90 Å². The van der Waals surface area contributed by atoms with Crippen LogP contribution in [0.15, 0.2) is 0 Å². The zero-order valence-electron chi connectivity index (χ0n) is 7.65. The molecule has 0 aromatic carbocycles. The molecule has 0 aliphatic carbocycles. The van der Waals surface area contributed by atoms with Crippen molar-refractivity contribution in [1.82, 2.24) is 4.90 Å². The highest BCUT2D eigenvalue weighted by Gasteiger charge is 2.40. The Bertz CT molecular complexity index is 193. The molecule has 2 bridgehead atoms. The normalized spacial score (nSPS) is 40.6. The summed E-state index contributed by atoms with van der Waals surface area (Å²) in [6, 6.07) is 0.623. The Morgan fingerprint density at radius 2 is 2.00 bits per heavy atom. The van der Waals surface area contributed by atoms with Crippen LogP contribution in [0.3, 0.4) is 0 Å². The maximum Gasteiger partial charge on any atom is 0.170 e. The molecule has 0 aromatic heterocycles. The number of hydrogen-bond donors (Lipinski definition) is 0. The van der Waals surface area contributed by atoms with Gasteiger partial charge in [0.25, 0.3) is 0 Å². The molecule has 3 aliphatic rings. The molecule has 0 amide bonds. The third kappa shape index (κ3) is 1.48. The van der Waals surface area contributed by atoms with Crippen molar-refractivity contribution < 1.29 is 14.2 Å². The lowest BCUT2D eigenvalue weighted by atomic mass is 10.2. The monoisotopic (exact) mass is 185 g/mol. The SMILES string of the molecule is C1COC(CN2CC3CC2CO3)O1. The number of nitrogens with zero attached hydrogens (tertiary/aromatic N) is 1. The third-order valence-corrected chi connectivity index (χ3v) is 3.09. The molecule has 13 heavy (non-hydrogen) atoms. The highest BCUT2D eigenvalue weighted by Crippen LogP contribution is 2.28. The van der Waals surface area contributed by atoms with E-state index in [1.807, 2.05) is 0 Å². The summed E-state index contributed by atoms with van der Waals surface area (Å²) in [5.41, 5.74) is 0. The van der Waals surface area contributed by atoms with Gasteiger partial charge in [-0.25, -0.2) is 0 Å². The summed E-state index contributed by atoms with van der Waals surface area (Å²) in [5, 5.41) is 0. The van der Waals surface area contributed by atoms with Gasteiger partial charge in [-0.3, -0.25) is 4.90 Å². The maximum absolute atomic E-state index is 5.52. The molecule has 0 radical (unpaired) electrons. The zero-order chi connectivity index (χ0) is 8.67. The smallest absolute Gasteiger partial charge is 0.170 e. The van der Waals surface area contributed by atoms with Gasteiger partial charge in [-0.05, 0) is 6.42 Å². The van der Waals surface area contributed by atoms with Gasteiger partial charge in [-0.2, -0.15) is 0 Å². The summed E-state index contributed by atoms with van der Waals surface area (Å²) in [6.45, 7) is 4.39. The second-order valence-electron chi connectivity index (χ2n) is 3.97. The lowest BCUT2D eigenvalue weighted by molar-refractivity contribution is -0.0776. The maximum atomic E-state index is 5.52. The molecule has 3 heterocycles. The van der Waals surface area contributed by atoms with Crippen LogP contribution in [0.2, 0.25) is 0 Å². The van der Waals surface area contributed by atoms with Crippen LogP contribution in [-0.4, -0.2) is 56.2 Å². The number of ether oxygens (including phenoxy) is 3. The molecule has 0 saturated carbocycles. The van der Waals surface area contributed by atoms with Gasteiger partial charge in [0, 0.05) is 19.1 Å². The van der Waals surface area contributed by atoms with Gasteiger partial charge in [0.05, 0.1) is 25.9 Å². The minimum absolute atomic E-state index is 0.0133. The van der Waals surface area contributed by atoms with Crippen molar-refractivity contribution in [1.29, 1.82) is 0 Å². The predicted molar refractivity (Wildman–Crippen MR) is 45.4 cm³/mol. The van der Waals surface area contributed by atoms with E-state index in [9.17, 15) is 0 Å². The molecule has 2 unspecified atom stereocenters. The number of fused-ring (bicyclic) bond motifs is 2. The molecular formula is C9H15NO3. The van der Waals surface area contributed by atoms with Gasteiger partial charge in [0.2, 0.25) is 0 Å². The van der Waals surface area contributed by atoms with Crippen molar-refractivity contribution in [2.24, 2.45) is 0 Å². The standard InChI is InChI=1S/C9H15NO3/c1-2-12-9(11-1)5-10-4-8-3-7(10)6-13-8/h7-9H,1-6H2. The fourth-order valence-corrected chi connectivity index (χ4v) is 2.41. The summed E-state index contributed by atoms with van der Waals surface area (Å²) < 4.78 is 16.4. The first-order valence-electron chi connectivity index (χ1n) is 5.01. The van der Waals surface area contributed by atoms with Gasteiger partial charge in [0.1, 0.15) is 0 Å². The van der Waals surface area contributed by atoms with E-state index in [1.165, 1.54) is 6.42 Å². The Balaban J connectivity index is 1.55. The minimum atomic E-state index is 0.0133. The Morgan fingerprint density at radius 1 is 1.15 bits per heavy atom. The lowest BCUT2D eigenvalue weighted by Gasteiger charge is -2.28. The van der Waals surface area contributed by atoms with Crippen molar-refractivity contribution in [2.75, 3.05) is 32.9 Å². The summed E-state index contributed by atoms with van der Waals surface area (Å²) in [7, 11) is 0. The first-order chi connectivity index (χ1) is 6.42. The van der Waals surface area contributed by atoms with Crippen LogP contribution in [0.1, 0.15) is 6.42 Å². The van der Waals surface area contributed by atoms with Crippen LogP contribution in [0.4, 0.5) is 0 Å². The molecule has 0 spiro atoms. The van der Waals surface area contributed by atoms with Crippen LogP contribution in [0.5, 0.6) is 0 Å². The van der Waals surface area contributed by atoms with Crippen LogP contribution < -0.4 is 0 Å². The summed E-state index contributed by atoms with van der Waals surface area (Å²) in [6.07, 6.45) is 1.69. The van der Waals surface area contributed by atoms with Crippen LogP contribution in [0.25, 0.3) is 0 Å². The lowest BCUT2D eigenvalue weighted by Crippen LogP contribution is -2.41. The van der Waals surface area contributed by atoms with Gasteiger partial charge in [-0.1, -0.05) is 0 Å². The van der Waals surface area contributed by atoms with Crippen LogP contribution in [-0.2, 0) is 14.2 Å². The Morgan fingerprint density at radius 3 is 2.62 bits per heavy atom. The van der Waals surface area contributed by atoms with E-state index >= 15 is 0 Å². The fourth-order valence-electron chi connectivity index (χ4n) is 2.41. The molecule has 3 aliphatic heterocycles. The fraction of sp³-hybridized carbons (Fsp3) is 1.00. The molecule has 0 N–H and O–H groups in total. The summed E-state index contributed by atoms with van der Waals surface area (Å²) >= 11 is 0. The average molecular weight is 185 g/mol. The number of likely N-dealkylation sites (tertiary alicyclic amines) is 1. The number of rotatable bonds is 2. The van der Waals surface area contributed by atoms with Crippen molar-refractivity contribution in [3.05, 3.63) is 0 Å². The minimum Gasteiger partial charge on any atom is -0.375 e. The quantitative estimate of drug-likeness (QED) is 0.598. The average Bonchev–Trinajstić information content (AvgIpc) is 2.77. The molecule has 2 atom stereocenters. The highest BCUT2D eigenvalue weighted by molar-refractivity contribution is 4.91. The van der Waals surface area contributed by atoms with E-state index in [0.717, 1.165) is 32.9 Å². The van der Waals surface area contributed by atoms with Crippen molar-refractivity contribution >= 4 is 0 Å². The van der Waals surface area contributed by atoms with E-state index in [1.54, 1.807) is 0 Å². The first kappa shape index (κ1) is 8.17. The van der Waals surface area contributed by atoms with E-state index in [4.69, 9.17) is 14.2 Å². The number of morpholine rings is 1. The molecular weight excluding hydrogens is 170 g/mol. The molecule has 3 saturated heterocycles. The van der Waals surface area contributed by atoms with Crippen LogP contribution in [0, 0.1) is 0 Å². The van der Waals surface area contributed by atoms with Crippen LogP contribution >= 0.6 is 0 Å². The Kier molecular flexibility index (Phi) is 2.01. The Hall–Kier alpha value is -0.160.